The number of pyridine rings is 1. The highest BCUT2D eigenvalue weighted by Gasteiger charge is 2.21. The normalized spacial score (nSPS) is 12.8. The van der Waals surface area contributed by atoms with Gasteiger partial charge in [-0.1, -0.05) is 0 Å². The average molecular weight is 428 g/mol. The van der Waals surface area contributed by atoms with E-state index in [2.05, 4.69) is 19.9 Å². The molecule has 0 unspecified atom stereocenters. The molecule has 0 amide bonds. The molecule has 10 nitrogen and oxygen atoms in total. The van der Waals surface area contributed by atoms with E-state index < -0.39 is 16.1 Å². The molecule has 2 N–H and O–H groups in total. The second kappa shape index (κ2) is 7.43. The molecular formula is C19H20N6O4S. The van der Waals surface area contributed by atoms with Crippen LogP contribution in [0.2, 0.25) is 0 Å². The van der Waals surface area contributed by atoms with E-state index in [0.717, 1.165) is 5.39 Å². The minimum atomic E-state index is -3.94. The van der Waals surface area contributed by atoms with Crippen LogP contribution in [0.5, 0.6) is 5.75 Å². The summed E-state index contributed by atoms with van der Waals surface area (Å²) < 4.78 is 37.0. The maximum Gasteiger partial charge on any atom is 0.263 e. The molecule has 0 saturated carbocycles. The first-order chi connectivity index (χ1) is 14.3. The van der Waals surface area contributed by atoms with Crippen molar-refractivity contribution in [3.63, 3.8) is 0 Å². The molecule has 0 bridgehead atoms. The highest BCUT2D eigenvalue weighted by atomic mass is 32.2. The number of aliphatic hydroxyl groups is 1. The van der Waals surface area contributed by atoms with Crippen LogP contribution >= 0.6 is 0 Å². The van der Waals surface area contributed by atoms with Crippen LogP contribution in [0, 0.1) is 0 Å². The zero-order valence-electron chi connectivity index (χ0n) is 16.5. The molecule has 0 spiro atoms. The fourth-order valence-electron chi connectivity index (χ4n) is 3.05. The zero-order chi connectivity index (χ0) is 21.5. The molecule has 0 aliphatic heterocycles. The fourth-order valence-corrected chi connectivity index (χ4v) is 4.08. The van der Waals surface area contributed by atoms with Crippen LogP contribution in [0.1, 0.15) is 18.6 Å². The average Bonchev–Trinajstić information content (AvgIpc) is 3.36. The Labute approximate surface area is 172 Å². The third kappa shape index (κ3) is 3.48. The van der Waals surface area contributed by atoms with Gasteiger partial charge in [0.15, 0.2) is 5.82 Å². The van der Waals surface area contributed by atoms with E-state index in [4.69, 9.17) is 4.74 Å². The summed E-state index contributed by atoms with van der Waals surface area (Å²) in [5, 5.41) is 18.7. The molecule has 3 heterocycles. The van der Waals surface area contributed by atoms with Crippen LogP contribution in [0.4, 0.5) is 5.69 Å². The van der Waals surface area contributed by atoms with E-state index in [1.54, 1.807) is 43.2 Å². The van der Waals surface area contributed by atoms with Crippen molar-refractivity contribution < 1.29 is 18.3 Å². The summed E-state index contributed by atoms with van der Waals surface area (Å²) in [6.07, 6.45) is 5.39. The fraction of sp³-hybridized carbons (Fsp3) is 0.211. The Morgan fingerprint density at radius 1 is 1.13 bits per heavy atom. The number of nitrogens with zero attached hydrogens (tertiary/aromatic N) is 5. The van der Waals surface area contributed by atoms with Crippen molar-refractivity contribution in [3.05, 3.63) is 54.6 Å². The molecular weight excluding hydrogens is 408 g/mol. The van der Waals surface area contributed by atoms with Gasteiger partial charge < -0.3 is 9.84 Å². The second-order valence-electron chi connectivity index (χ2n) is 6.70. The van der Waals surface area contributed by atoms with Crippen LogP contribution < -0.4 is 9.46 Å². The zero-order valence-corrected chi connectivity index (χ0v) is 17.3. The van der Waals surface area contributed by atoms with Gasteiger partial charge in [0.1, 0.15) is 16.3 Å². The number of methoxy groups -OCH3 is 1. The van der Waals surface area contributed by atoms with E-state index >= 15 is 0 Å². The molecule has 0 aliphatic rings. The highest BCUT2D eigenvalue weighted by Crippen LogP contribution is 2.34. The lowest BCUT2D eigenvalue weighted by atomic mass is 10.2. The van der Waals surface area contributed by atoms with Crippen LogP contribution in [0.15, 0.2) is 53.9 Å². The minimum Gasteiger partial charge on any atom is -0.494 e. The molecule has 4 rings (SSSR count). The number of aryl methyl sites for hydroxylation is 1. The highest BCUT2D eigenvalue weighted by molar-refractivity contribution is 7.92. The smallest absolute Gasteiger partial charge is 0.263 e. The number of ether oxygens (including phenoxy) is 1. The molecule has 1 aromatic carbocycles. The Balaban J connectivity index is 1.68. The lowest BCUT2D eigenvalue weighted by Gasteiger charge is -2.14. The summed E-state index contributed by atoms with van der Waals surface area (Å²) in [6, 6.07) is 6.46. The third-order valence-corrected chi connectivity index (χ3v) is 6.01. The summed E-state index contributed by atoms with van der Waals surface area (Å²) in [7, 11) is -0.749. The quantitative estimate of drug-likeness (QED) is 0.481. The molecule has 0 fully saturated rings. The third-order valence-electron chi connectivity index (χ3n) is 4.67. The Kier molecular flexibility index (Phi) is 4.92. The van der Waals surface area contributed by atoms with Gasteiger partial charge >= 0.3 is 0 Å². The molecule has 3 aromatic heterocycles. The molecule has 0 saturated heterocycles. The van der Waals surface area contributed by atoms with E-state index in [1.807, 2.05) is 0 Å². The number of hydrogen-bond acceptors (Lipinski definition) is 7. The van der Waals surface area contributed by atoms with Crippen molar-refractivity contribution in [1.29, 1.82) is 0 Å². The number of benzene rings is 1. The SMILES string of the molecule is COc1ccc2cnn(C)c2c1NS(=O)(=O)c1ccc(-n2cc([C@@H](C)O)cn2)nc1. The van der Waals surface area contributed by atoms with Crippen molar-refractivity contribution in [2.75, 3.05) is 11.8 Å². The summed E-state index contributed by atoms with van der Waals surface area (Å²) in [5.74, 6) is 0.800. The van der Waals surface area contributed by atoms with Gasteiger partial charge in [0, 0.05) is 30.4 Å². The van der Waals surface area contributed by atoms with E-state index in [9.17, 15) is 13.5 Å². The summed E-state index contributed by atoms with van der Waals surface area (Å²) in [4.78, 5) is 4.17. The Morgan fingerprint density at radius 2 is 1.93 bits per heavy atom. The number of rotatable bonds is 6. The number of hydrogen-bond donors (Lipinski definition) is 2. The van der Waals surface area contributed by atoms with Crippen LogP contribution in [0.3, 0.4) is 0 Å². The maximum absolute atomic E-state index is 13.0. The summed E-state index contributed by atoms with van der Waals surface area (Å²) >= 11 is 0. The first-order valence-corrected chi connectivity index (χ1v) is 10.5. The second-order valence-corrected chi connectivity index (χ2v) is 8.38. The van der Waals surface area contributed by atoms with Gasteiger partial charge in [-0.25, -0.2) is 18.1 Å². The van der Waals surface area contributed by atoms with E-state index in [1.165, 1.54) is 36.3 Å². The van der Waals surface area contributed by atoms with Gasteiger partial charge in [0.05, 0.1) is 31.1 Å². The lowest BCUT2D eigenvalue weighted by molar-refractivity contribution is 0.199. The Bertz CT molecular complexity index is 1310. The van der Waals surface area contributed by atoms with Crippen LogP contribution in [-0.4, -0.2) is 45.2 Å². The van der Waals surface area contributed by atoms with Crippen LogP contribution in [-0.2, 0) is 17.1 Å². The first kappa shape index (κ1) is 19.9. The largest absolute Gasteiger partial charge is 0.494 e. The summed E-state index contributed by atoms with van der Waals surface area (Å²) in [6.45, 7) is 1.63. The van der Waals surface area contributed by atoms with Gasteiger partial charge in [0.2, 0.25) is 0 Å². The van der Waals surface area contributed by atoms with Gasteiger partial charge in [-0.05, 0) is 31.2 Å². The van der Waals surface area contributed by atoms with E-state index in [0.29, 0.717) is 28.3 Å². The van der Waals surface area contributed by atoms with Gasteiger partial charge in [-0.15, -0.1) is 0 Å². The Hall–Kier alpha value is -3.44. The minimum absolute atomic E-state index is 0.0182. The monoisotopic (exact) mass is 428 g/mol. The van der Waals surface area contributed by atoms with Gasteiger partial charge in [-0.3, -0.25) is 9.40 Å². The van der Waals surface area contributed by atoms with Crippen LogP contribution in [0.25, 0.3) is 16.7 Å². The maximum atomic E-state index is 13.0. The van der Waals surface area contributed by atoms with Crippen molar-refractivity contribution in [2.24, 2.45) is 7.05 Å². The number of anilines is 1. The molecule has 0 radical (unpaired) electrons. The van der Waals surface area contributed by atoms with Crippen molar-refractivity contribution in [2.45, 2.75) is 17.9 Å². The molecule has 11 heteroatoms. The number of aliphatic hydroxyl groups excluding tert-OH is 1. The topological polar surface area (TPSA) is 124 Å². The molecule has 156 valence electrons. The molecule has 1 atom stereocenters. The van der Waals surface area contributed by atoms with Gasteiger partial charge in [0.25, 0.3) is 10.0 Å². The van der Waals surface area contributed by atoms with E-state index in [-0.39, 0.29) is 4.90 Å². The Morgan fingerprint density at radius 3 is 2.57 bits per heavy atom. The molecule has 4 aromatic rings. The predicted molar refractivity (Wildman–Crippen MR) is 110 cm³/mol. The first-order valence-electron chi connectivity index (χ1n) is 9.01. The number of sulfonamides is 1. The lowest BCUT2D eigenvalue weighted by Crippen LogP contribution is -2.15. The number of aromatic nitrogens is 5. The standard InChI is InChI=1S/C19H20N6O4S/c1-12(26)14-9-22-25(11-14)17-7-5-15(10-20-17)30(27,28)23-18-16(29-3)6-4-13-8-21-24(2)19(13)18/h4-12,23,26H,1-3H3/t12-/m1/s1. The number of fused-ring (bicyclic) bond motifs is 1. The van der Waals surface area contributed by atoms with Crippen molar-refractivity contribution in [3.8, 4) is 11.6 Å². The summed E-state index contributed by atoms with van der Waals surface area (Å²) in [5.41, 5.74) is 1.53. The molecule has 0 aliphatic carbocycles. The van der Waals surface area contributed by atoms with Crippen molar-refractivity contribution >= 4 is 26.6 Å². The van der Waals surface area contributed by atoms with Gasteiger partial charge in [-0.2, -0.15) is 10.2 Å². The predicted octanol–water partition coefficient (Wildman–Crippen LogP) is 2.02. The number of nitrogens with one attached hydrogen (secondary N) is 1. The van der Waals surface area contributed by atoms with Crippen molar-refractivity contribution in [1.82, 2.24) is 24.5 Å². The molecule has 30 heavy (non-hydrogen) atoms.